The summed E-state index contributed by atoms with van der Waals surface area (Å²) < 4.78 is 7.57. The van der Waals surface area contributed by atoms with Crippen LogP contribution in [0.25, 0.3) is 16.7 Å². The summed E-state index contributed by atoms with van der Waals surface area (Å²) in [6.07, 6.45) is 7.96. The largest absolute Gasteiger partial charge is 0.497 e. The van der Waals surface area contributed by atoms with Gasteiger partial charge in [-0.25, -0.2) is 14.3 Å². The van der Waals surface area contributed by atoms with Crippen molar-refractivity contribution in [3.05, 3.63) is 62.9 Å². The summed E-state index contributed by atoms with van der Waals surface area (Å²) in [5, 5.41) is 3.29. The number of carbonyl (C=O) groups is 1. The highest BCUT2D eigenvalue weighted by atomic mass is 16.5. The molecule has 2 heterocycles. The Morgan fingerprint density at radius 3 is 2.42 bits per heavy atom. The minimum absolute atomic E-state index is 0.141. The number of hydrogen-bond acceptors (Lipinski definition) is 5. The minimum Gasteiger partial charge on any atom is -0.497 e. The van der Waals surface area contributed by atoms with Gasteiger partial charge in [0, 0.05) is 19.3 Å². The van der Waals surface area contributed by atoms with E-state index in [0.29, 0.717) is 17.0 Å². The molecule has 1 fully saturated rings. The van der Waals surface area contributed by atoms with E-state index in [1.807, 2.05) is 0 Å². The lowest BCUT2D eigenvalue weighted by Gasteiger charge is -2.16. The van der Waals surface area contributed by atoms with Gasteiger partial charge in [0.2, 0.25) is 0 Å². The van der Waals surface area contributed by atoms with Crippen LogP contribution in [0.2, 0.25) is 0 Å². The molecule has 2 aromatic heterocycles. The number of hydrogen-bond donors (Lipinski definition) is 1. The highest BCUT2D eigenvalue weighted by Crippen LogP contribution is 2.19. The molecule has 0 atom stereocenters. The van der Waals surface area contributed by atoms with Gasteiger partial charge in [0.25, 0.3) is 11.5 Å². The Bertz CT molecular complexity index is 1220. The van der Waals surface area contributed by atoms with Gasteiger partial charge in [-0.1, -0.05) is 25.7 Å². The molecule has 0 bridgehead atoms. The van der Waals surface area contributed by atoms with Gasteiger partial charge in [-0.2, -0.15) is 0 Å². The van der Waals surface area contributed by atoms with Crippen LogP contribution in [0.15, 0.2) is 46.1 Å². The quantitative estimate of drug-likeness (QED) is 0.652. The molecular weight excluding hydrogens is 396 g/mol. The molecule has 4 rings (SSSR count). The molecule has 1 aliphatic rings. The molecular formula is C23H26N4O4. The lowest BCUT2D eigenvalue weighted by Crippen LogP contribution is -2.38. The Kier molecular flexibility index (Phi) is 5.88. The number of pyridine rings is 1. The minimum atomic E-state index is -0.508. The van der Waals surface area contributed by atoms with Crippen LogP contribution >= 0.6 is 0 Å². The van der Waals surface area contributed by atoms with Crippen molar-refractivity contribution in [3.8, 4) is 11.4 Å². The van der Waals surface area contributed by atoms with Gasteiger partial charge in [0.15, 0.2) is 5.65 Å². The van der Waals surface area contributed by atoms with Crippen molar-refractivity contribution in [1.29, 1.82) is 0 Å². The van der Waals surface area contributed by atoms with Crippen LogP contribution in [0.5, 0.6) is 5.75 Å². The first-order valence-corrected chi connectivity index (χ1v) is 10.6. The van der Waals surface area contributed by atoms with E-state index < -0.39 is 11.2 Å². The van der Waals surface area contributed by atoms with Gasteiger partial charge in [0.1, 0.15) is 5.75 Å². The molecule has 162 valence electrons. The number of nitrogens with zero attached hydrogens (tertiary/aromatic N) is 3. The molecule has 3 aromatic rings. The first-order chi connectivity index (χ1) is 15.0. The molecule has 8 nitrogen and oxygen atoms in total. The van der Waals surface area contributed by atoms with Crippen LogP contribution in [-0.2, 0) is 7.05 Å². The molecule has 0 radical (unpaired) electrons. The average Bonchev–Trinajstić information content (AvgIpc) is 3.06. The second-order valence-electron chi connectivity index (χ2n) is 7.94. The lowest BCUT2D eigenvalue weighted by molar-refractivity contribution is 0.0933. The molecule has 0 saturated heterocycles. The zero-order valence-corrected chi connectivity index (χ0v) is 17.8. The number of carbonyl (C=O) groups excluding carboxylic acids is 1. The van der Waals surface area contributed by atoms with Gasteiger partial charge in [-0.15, -0.1) is 0 Å². The van der Waals surface area contributed by atoms with E-state index in [1.165, 1.54) is 36.7 Å². The highest BCUT2D eigenvalue weighted by molar-refractivity contribution is 5.97. The highest BCUT2D eigenvalue weighted by Gasteiger charge is 2.19. The van der Waals surface area contributed by atoms with Crippen molar-refractivity contribution in [2.75, 3.05) is 7.11 Å². The van der Waals surface area contributed by atoms with Gasteiger partial charge in [0.05, 0.1) is 23.7 Å². The van der Waals surface area contributed by atoms with E-state index in [-0.39, 0.29) is 23.0 Å². The van der Waals surface area contributed by atoms with E-state index in [4.69, 9.17) is 4.74 Å². The number of benzene rings is 1. The summed E-state index contributed by atoms with van der Waals surface area (Å²) in [5.74, 6) is 0.405. The molecule has 1 N–H and O–H groups in total. The fourth-order valence-electron chi connectivity index (χ4n) is 4.08. The molecule has 0 spiro atoms. The van der Waals surface area contributed by atoms with Crippen molar-refractivity contribution < 1.29 is 9.53 Å². The zero-order chi connectivity index (χ0) is 22.0. The van der Waals surface area contributed by atoms with Crippen molar-refractivity contribution in [1.82, 2.24) is 19.4 Å². The zero-order valence-electron chi connectivity index (χ0n) is 17.8. The number of ether oxygens (including phenoxy) is 1. The standard InChI is InChI=1S/C23H26N4O4/c1-26-22(29)19-13-15(21(28)25-16-7-5-3-4-6-8-16)14-24-20(19)27(23(26)30)17-9-11-18(31-2)12-10-17/h9-14,16H,3-8H2,1-2H3,(H,25,28). The maximum Gasteiger partial charge on any atom is 0.337 e. The second-order valence-corrected chi connectivity index (χ2v) is 7.94. The number of amides is 1. The summed E-state index contributed by atoms with van der Waals surface area (Å²) in [5.41, 5.74) is 0.0832. The number of fused-ring (bicyclic) bond motifs is 1. The summed E-state index contributed by atoms with van der Waals surface area (Å²) in [6, 6.07) is 8.56. The van der Waals surface area contributed by atoms with Crippen LogP contribution in [0, 0.1) is 0 Å². The van der Waals surface area contributed by atoms with Gasteiger partial charge in [-0.05, 0) is 43.2 Å². The molecule has 1 saturated carbocycles. The average molecular weight is 422 g/mol. The summed E-state index contributed by atoms with van der Waals surface area (Å²) in [6.45, 7) is 0. The van der Waals surface area contributed by atoms with Gasteiger partial charge < -0.3 is 10.1 Å². The molecule has 8 heteroatoms. The van der Waals surface area contributed by atoms with E-state index in [1.54, 1.807) is 31.4 Å². The Labute approximate surface area is 179 Å². The maximum absolute atomic E-state index is 12.8. The van der Waals surface area contributed by atoms with E-state index in [2.05, 4.69) is 10.3 Å². The van der Waals surface area contributed by atoms with Crippen LogP contribution in [0.3, 0.4) is 0 Å². The van der Waals surface area contributed by atoms with Crippen molar-refractivity contribution >= 4 is 16.9 Å². The smallest absolute Gasteiger partial charge is 0.337 e. The molecule has 0 unspecified atom stereocenters. The first-order valence-electron chi connectivity index (χ1n) is 10.6. The third-order valence-electron chi connectivity index (χ3n) is 5.87. The Morgan fingerprint density at radius 1 is 1.10 bits per heavy atom. The molecule has 1 aromatic carbocycles. The van der Waals surface area contributed by atoms with Crippen LogP contribution < -0.4 is 21.3 Å². The van der Waals surface area contributed by atoms with E-state index >= 15 is 0 Å². The lowest BCUT2D eigenvalue weighted by atomic mass is 10.1. The van der Waals surface area contributed by atoms with Crippen LogP contribution in [-0.4, -0.2) is 33.2 Å². The Balaban J connectivity index is 1.76. The van der Waals surface area contributed by atoms with Crippen molar-refractivity contribution in [2.45, 2.75) is 44.6 Å². The third kappa shape index (κ3) is 4.10. The van der Waals surface area contributed by atoms with Crippen LogP contribution in [0.1, 0.15) is 48.9 Å². The number of rotatable bonds is 4. The normalized spacial score (nSPS) is 14.9. The first kappa shape index (κ1) is 20.8. The molecule has 31 heavy (non-hydrogen) atoms. The van der Waals surface area contributed by atoms with E-state index in [0.717, 1.165) is 30.3 Å². The van der Waals surface area contributed by atoms with E-state index in [9.17, 15) is 14.4 Å². The Hall–Kier alpha value is -3.42. The maximum atomic E-state index is 12.8. The molecule has 1 amide bonds. The number of nitrogens with one attached hydrogen (secondary N) is 1. The Morgan fingerprint density at radius 2 is 1.77 bits per heavy atom. The number of aromatic nitrogens is 3. The SMILES string of the molecule is COc1ccc(-n2c(=O)n(C)c(=O)c3cc(C(=O)NC4CCCCCC4)cnc32)cc1. The monoisotopic (exact) mass is 422 g/mol. The van der Waals surface area contributed by atoms with Crippen LogP contribution in [0.4, 0.5) is 0 Å². The fraction of sp³-hybridized carbons (Fsp3) is 0.391. The second kappa shape index (κ2) is 8.75. The topological polar surface area (TPSA) is 95.2 Å². The third-order valence-corrected chi connectivity index (χ3v) is 5.87. The number of methoxy groups -OCH3 is 1. The van der Waals surface area contributed by atoms with Crippen molar-refractivity contribution in [3.63, 3.8) is 0 Å². The van der Waals surface area contributed by atoms with Gasteiger partial charge in [-0.3, -0.25) is 14.2 Å². The van der Waals surface area contributed by atoms with Gasteiger partial charge >= 0.3 is 5.69 Å². The predicted molar refractivity (Wildman–Crippen MR) is 118 cm³/mol. The summed E-state index contributed by atoms with van der Waals surface area (Å²) in [7, 11) is 2.98. The summed E-state index contributed by atoms with van der Waals surface area (Å²) >= 11 is 0. The molecule has 0 aliphatic heterocycles. The predicted octanol–water partition coefficient (Wildman–Crippen LogP) is 2.55. The molecule has 1 aliphatic carbocycles. The van der Waals surface area contributed by atoms with Crippen molar-refractivity contribution in [2.24, 2.45) is 7.05 Å². The summed E-state index contributed by atoms with van der Waals surface area (Å²) in [4.78, 5) is 42.8. The fourth-order valence-corrected chi connectivity index (χ4v) is 4.08.